The van der Waals surface area contributed by atoms with Crippen molar-refractivity contribution < 1.29 is 0 Å². The predicted molar refractivity (Wildman–Crippen MR) is 64.0 cm³/mol. The van der Waals surface area contributed by atoms with Gasteiger partial charge >= 0.3 is 0 Å². The molecule has 0 bridgehead atoms. The van der Waals surface area contributed by atoms with Crippen LogP contribution in [0.2, 0.25) is 0 Å². The fourth-order valence-corrected chi connectivity index (χ4v) is 3.07. The highest BCUT2D eigenvalue weighted by Gasteiger charge is 2.21. The highest BCUT2D eigenvalue weighted by Crippen LogP contribution is 2.54. The van der Waals surface area contributed by atoms with E-state index in [1.807, 2.05) is 26.2 Å². The normalized spacial score (nSPS) is 16.1. The summed E-state index contributed by atoms with van der Waals surface area (Å²) in [5, 5.41) is 8.74. The monoisotopic (exact) mass is 222 g/mol. The van der Waals surface area contributed by atoms with Crippen LogP contribution in [0.4, 0.5) is 0 Å². The van der Waals surface area contributed by atoms with Gasteiger partial charge in [0.05, 0.1) is 11.6 Å². The quantitative estimate of drug-likeness (QED) is 0.736. The molecular formula is C11H14N2OS. The van der Waals surface area contributed by atoms with Crippen molar-refractivity contribution in [3.63, 3.8) is 0 Å². The van der Waals surface area contributed by atoms with Crippen LogP contribution in [0, 0.1) is 23.2 Å². The number of nitroso groups, excluding NO2 is 1. The average molecular weight is 222 g/mol. The number of aryl methyl sites for hydroxylation is 1. The molecule has 3 nitrogen and oxygen atoms in total. The Labute approximate surface area is 91.5 Å². The van der Waals surface area contributed by atoms with Gasteiger partial charge < -0.3 is 0 Å². The second kappa shape index (κ2) is 4.45. The fraction of sp³-hybridized carbons (Fsp3) is 0.364. The van der Waals surface area contributed by atoms with Crippen molar-refractivity contribution in [2.45, 2.75) is 18.7 Å². The lowest BCUT2D eigenvalue weighted by Crippen LogP contribution is -2.00. The SMILES string of the molecule is CCS(C)(N=O)c1ccc(C#N)cc1C. The molecule has 1 unspecified atom stereocenters. The predicted octanol–water partition coefficient (Wildman–Crippen LogP) is 3.36. The van der Waals surface area contributed by atoms with Gasteiger partial charge in [-0.1, -0.05) is 17.1 Å². The Balaban J connectivity index is 3.28. The molecule has 15 heavy (non-hydrogen) atoms. The number of benzene rings is 1. The maximum atomic E-state index is 10.9. The van der Waals surface area contributed by atoms with Crippen LogP contribution in [-0.2, 0) is 0 Å². The average Bonchev–Trinajstić information content (AvgIpc) is 2.27. The van der Waals surface area contributed by atoms with Crippen molar-refractivity contribution >= 4 is 10.2 Å². The standard InChI is InChI=1S/C11H14N2OS/c1-4-15(3,13-14)11-6-5-10(8-12)7-9(11)2/h5-7H,4H2,1-3H3. The molecule has 0 N–H and O–H groups in total. The maximum absolute atomic E-state index is 10.9. The molecule has 1 rings (SSSR count). The van der Waals surface area contributed by atoms with Gasteiger partial charge in [-0.3, -0.25) is 0 Å². The Kier molecular flexibility index (Phi) is 3.48. The summed E-state index contributed by atoms with van der Waals surface area (Å²) in [5.74, 6) is 0.739. The highest BCUT2D eigenvalue weighted by atomic mass is 32.3. The zero-order valence-corrected chi connectivity index (χ0v) is 9.97. The first kappa shape index (κ1) is 11.7. The van der Waals surface area contributed by atoms with E-state index in [1.165, 1.54) is 0 Å². The first-order chi connectivity index (χ1) is 7.07. The molecule has 0 saturated heterocycles. The Bertz CT molecular complexity index is 425. The molecule has 0 aromatic heterocycles. The van der Waals surface area contributed by atoms with E-state index >= 15 is 0 Å². The topological polar surface area (TPSA) is 53.2 Å². The van der Waals surface area contributed by atoms with E-state index in [1.54, 1.807) is 12.1 Å². The van der Waals surface area contributed by atoms with Gasteiger partial charge in [0.2, 0.25) is 0 Å². The van der Waals surface area contributed by atoms with Crippen LogP contribution in [0.3, 0.4) is 0 Å². The van der Waals surface area contributed by atoms with Crippen LogP contribution >= 0.6 is 10.2 Å². The van der Waals surface area contributed by atoms with Gasteiger partial charge in [-0.2, -0.15) is 5.26 Å². The Morgan fingerprint density at radius 1 is 1.53 bits per heavy atom. The molecule has 0 aliphatic carbocycles. The summed E-state index contributed by atoms with van der Waals surface area (Å²) in [6, 6.07) is 7.49. The van der Waals surface area contributed by atoms with Crippen LogP contribution in [0.25, 0.3) is 0 Å². The summed E-state index contributed by atoms with van der Waals surface area (Å²) in [7, 11) is -1.59. The summed E-state index contributed by atoms with van der Waals surface area (Å²) in [6.45, 7) is 3.89. The van der Waals surface area contributed by atoms with Crippen molar-refractivity contribution in [1.82, 2.24) is 0 Å². The van der Waals surface area contributed by atoms with E-state index in [2.05, 4.69) is 10.7 Å². The van der Waals surface area contributed by atoms with Crippen molar-refractivity contribution in [2.24, 2.45) is 4.58 Å². The second-order valence-corrected chi connectivity index (χ2v) is 6.74. The summed E-state index contributed by atoms with van der Waals surface area (Å²) in [6.07, 6.45) is 1.90. The van der Waals surface area contributed by atoms with Gasteiger partial charge in [0.15, 0.2) is 0 Å². The van der Waals surface area contributed by atoms with Crippen LogP contribution in [0.1, 0.15) is 18.1 Å². The zero-order chi connectivity index (χ0) is 11.5. The van der Waals surface area contributed by atoms with Crippen molar-refractivity contribution in [2.75, 3.05) is 12.0 Å². The lowest BCUT2D eigenvalue weighted by molar-refractivity contribution is 1.25. The molecule has 80 valence electrons. The largest absolute Gasteiger partial charge is 0.192 e. The highest BCUT2D eigenvalue weighted by molar-refractivity contribution is 8.32. The first-order valence-corrected chi connectivity index (χ1v) is 6.85. The molecule has 0 heterocycles. The van der Waals surface area contributed by atoms with E-state index in [-0.39, 0.29) is 0 Å². The van der Waals surface area contributed by atoms with E-state index in [0.29, 0.717) is 5.56 Å². The molecule has 0 spiro atoms. The van der Waals surface area contributed by atoms with Gasteiger partial charge in [-0.05, 0) is 47.3 Å². The van der Waals surface area contributed by atoms with Gasteiger partial charge in [-0.15, -0.1) is 4.91 Å². The first-order valence-electron chi connectivity index (χ1n) is 4.68. The van der Waals surface area contributed by atoms with Crippen molar-refractivity contribution in [3.8, 4) is 6.07 Å². The smallest absolute Gasteiger partial charge is 0.0991 e. The summed E-state index contributed by atoms with van der Waals surface area (Å²) in [5.41, 5.74) is 1.60. The lowest BCUT2D eigenvalue weighted by atomic mass is 10.2. The van der Waals surface area contributed by atoms with Gasteiger partial charge in [0.1, 0.15) is 0 Å². The second-order valence-electron chi connectivity index (χ2n) is 3.50. The van der Waals surface area contributed by atoms with Crippen LogP contribution in [0.15, 0.2) is 27.7 Å². The molecule has 0 fully saturated rings. The van der Waals surface area contributed by atoms with E-state index < -0.39 is 10.2 Å². The van der Waals surface area contributed by atoms with Gasteiger partial charge in [0.25, 0.3) is 0 Å². The summed E-state index contributed by atoms with van der Waals surface area (Å²) in [4.78, 5) is 11.9. The maximum Gasteiger partial charge on any atom is 0.0991 e. The minimum Gasteiger partial charge on any atom is -0.192 e. The van der Waals surface area contributed by atoms with Crippen LogP contribution < -0.4 is 0 Å². The zero-order valence-electron chi connectivity index (χ0n) is 9.15. The van der Waals surface area contributed by atoms with Crippen LogP contribution in [-0.4, -0.2) is 12.0 Å². The number of nitriles is 1. The van der Waals surface area contributed by atoms with E-state index in [0.717, 1.165) is 16.2 Å². The molecule has 1 atom stereocenters. The summed E-state index contributed by atoms with van der Waals surface area (Å²) >= 11 is 0. The lowest BCUT2D eigenvalue weighted by Gasteiger charge is -2.27. The Morgan fingerprint density at radius 2 is 2.20 bits per heavy atom. The van der Waals surface area contributed by atoms with Crippen LogP contribution in [0.5, 0.6) is 0 Å². The molecule has 1 aromatic rings. The fourth-order valence-electron chi connectivity index (χ4n) is 1.46. The number of hydrogen-bond acceptors (Lipinski definition) is 3. The molecule has 0 radical (unpaired) electrons. The minimum absolute atomic E-state index is 0.625. The molecular weight excluding hydrogens is 208 g/mol. The minimum atomic E-state index is -1.59. The third-order valence-corrected chi connectivity index (χ3v) is 5.36. The third kappa shape index (κ3) is 2.18. The Hall–Kier alpha value is -1.34. The summed E-state index contributed by atoms with van der Waals surface area (Å²) < 4.78 is 3.28. The van der Waals surface area contributed by atoms with E-state index in [4.69, 9.17) is 5.26 Å². The molecule has 4 heteroatoms. The molecule has 0 aliphatic heterocycles. The van der Waals surface area contributed by atoms with Crippen molar-refractivity contribution in [1.29, 1.82) is 5.26 Å². The van der Waals surface area contributed by atoms with Crippen molar-refractivity contribution in [3.05, 3.63) is 34.2 Å². The number of nitrogens with zero attached hydrogens (tertiary/aromatic N) is 2. The number of rotatable bonds is 3. The molecule has 1 aromatic carbocycles. The number of hydrogen-bond donors (Lipinski definition) is 0. The third-order valence-electron chi connectivity index (χ3n) is 2.50. The molecule has 0 aliphatic rings. The van der Waals surface area contributed by atoms with Gasteiger partial charge in [0, 0.05) is 4.90 Å². The molecule has 0 amide bonds. The van der Waals surface area contributed by atoms with Gasteiger partial charge in [-0.25, -0.2) is 0 Å². The Morgan fingerprint density at radius 3 is 2.60 bits per heavy atom. The molecule has 0 saturated carbocycles. The van der Waals surface area contributed by atoms with E-state index in [9.17, 15) is 4.91 Å².